The van der Waals surface area contributed by atoms with Gasteiger partial charge < -0.3 is 10.4 Å². The summed E-state index contributed by atoms with van der Waals surface area (Å²) in [5.41, 5.74) is 0.912. The number of amides is 1. The number of nitrogens with zero attached hydrogens (tertiary/aromatic N) is 3. The summed E-state index contributed by atoms with van der Waals surface area (Å²) >= 11 is 0. The van der Waals surface area contributed by atoms with Crippen LogP contribution in [0, 0.1) is 6.92 Å². The molecule has 3 N–H and O–H groups in total. The van der Waals surface area contributed by atoms with Gasteiger partial charge in [0.15, 0.2) is 5.82 Å². The molecule has 0 unspecified atom stereocenters. The Hall–Kier alpha value is -2.64. The molecule has 0 aliphatic carbocycles. The molecule has 0 saturated heterocycles. The van der Waals surface area contributed by atoms with Crippen LogP contribution in [-0.4, -0.2) is 37.0 Å². The second-order valence-corrected chi connectivity index (χ2v) is 3.73. The maximum absolute atomic E-state index is 11.9. The lowest BCUT2D eigenvalue weighted by Crippen LogP contribution is -2.12. The topological polar surface area (TPSA) is 113 Å². The number of carbonyl (C=O) groups excluding carboxylic acids is 1. The molecule has 2 aromatic heterocycles. The molecule has 0 fully saturated rings. The molecular formula is C10H11N5O3. The second-order valence-electron chi connectivity index (χ2n) is 3.73. The van der Waals surface area contributed by atoms with Gasteiger partial charge in [0.05, 0.1) is 11.3 Å². The van der Waals surface area contributed by atoms with Gasteiger partial charge in [0.1, 0.15) is 5.69 Å². The third-order valence-electron chi connectivity index (χ3n) is 2.31. The minimum atomic E-state index is -1.14. The van der Waals surface area contributed by atoms with Crippen LogP contribution in [0.5, 0.6) is 0 Å². The Balaban J connectivity index is 2.16. The first-order valence-corrected chi connectivity index (χ1v) is 5.07. The Morgan fingerprint density at radius 2 is 2.22 bits per heavy atom. The van der Waals surface area contributed by atoms with Crippen molar-refractivity contribution in [3.63, 3.8) is 0 Å². The highest BCUT2D eigenvalue weighted by atomic mass is 16.4. The molecule has 2 heterocycles. The van der Waals surface area contributed by atoms with Crippen LogP contribution < -0.4 is 5.32 Å². The molecule has 0 aliphatic rings. The second kappa shape index (κ2) is 4.32. The van der Waals surface area contributed by atoms with E-state index < -0.39 is 5.97 Å². The van der Waals surface area contributed by atoms with E-state index in [1.54, 1.807) is 20.2 Å². The van der Waals surface area contributed by atoms with Crippen LogP contribution in [0.4, 0.5) is 5.82 Å². The van der Waals surface area contributed by atoms with E-state index in [0.29, 0.717) is 11.3 Å². The first-order chi connectivity index (χ1) is 8.47. The highest BCUT2D eigenvalue weighted by molar-refractivity contribution is 6.04. The van der Waals surface area contributed by atoms with Gasteiger partial charge in [-0.15, -0.1) is 0 Å². The number of rotatable bonds is 3. The molecule has 0 aromatic carbocycles. The quantitative estimate of drug-likeness (QED) is 0.728. The smallest absolute Gasteiger partial charge is 0.353 e. The van der Waals surface area contributed by atoms with Crippen molar-refractivity contribution in [2.24, 2.45) is 7.05 Å². The number of hydrogen-bond acceptors (Lipinski definition) is 4. The molecule has 0 aliphatic heterocycles. The zero-order chi connectivity index (χ0) is 13.3. The standard InChI is InChI=1S/C10H11N5O3/c1-5-6(4-15(2)14-5)9(16)11-8-3-7(10(17)18)12-13-8/h3-4H,1-2H3,(H,17,18)(H2,11,12,13,16). The van der Waals surface area contributed by atoms with Crippen LogP contribution in [0.25, 0.3) is 0 Å². The molecule has 2 rings (SSSR count). The van der Waals surface area contributed by atoms with E-state index in [-0.39, 0.29) is 17.4 Å². The zero-order valence-corrected chi connectivity index (χ0v) is 9.76. The summed E-state index contributed by atoms with van der Waals surface area (Å²) in [6.07, 6.45) is 1.58. The first-order valence-electron chi connectivity index (χ1n) is 5.07. The molecule has 94 valence electrons. The molecule has 8 nitrogen and oxygen atoms in total. The van der Waals surface area contributed by atoms with E-state index >= 15 is 0 Å². The van der Waals surface area contributed by atoms with Gasteiger partial charge in [0, 0.05) is 19.3 Å². The maximum atomic E-state index is 11.9. The number of anilines is 1. The normalized spacial score (nSPS) is 10.3. The Morgan fingerprint density at radius 1 is 1.50 bits per heavy atom. The fourth-order valence-electron chi connectivity index (χ4n) is 1.50. The number of aromatic amines is 1. The first kappa shape index (κ1) is 11.8. The molecule has 0 radical (unpaired) electrons. The Labute approximate surface area is 102 Å². The number of hydrogen-bond donors (Lipinski definition) is 3. The van der Waals surface area contributed by atoms with E-state index in [9.17, 15) is 9.59 Å². The number of aromatic carboxylic acids is 1. The van der Waals surface area contributed by atoms with E-state index in [0.717, 1.165) is 0 Å². The number of carboxylic acids is 1. The minimum Gasteiger partial charge on any atom is -0.477 e. The summed E-state index contributed by atoms with van der Waals surface area (Å²) in [7, 11) is 1.71. The molecule has 2 aromatic rings. The van der Waals surface area contributed by atoms with Gasteiger partial charge in [-0.05, 0) is 6.92 Å². The van der Waals surface area contributed by atoms with Crippen LogP contribution in [0.15, 0.2) is 12.3 Å². The molecular weight excluding hydrogens is 238 g/mol. The minimum absolute atomic E-state index is 0.0896. The van der Waals surface area contributed by atoms with E-state index in [1.807, 2.05) is 0 Å². The highest BCUT2D eigenvalue weighted by Crippen LogP contribution is 2.10. The van der Waals surface area contributed by atoms with Gasteiger partial charge in [-0.25, -0.2) is 4.79 Å². The maximum Gasteiger partial charge on any atom is 0.353 e. The fourth-order valence-corrected chi connectivity index (χ4v) is 1.50. The van der Waals surface area contributed by atoms with Gasteiger partial charge in [0.25, 0.3) is 5.91 Å². The summed E-state index contributed by atoms with van der Waals surface area (Å²) in [4.78, 5) is 22.5. The highest BCUT2D eigenvalue weighted by Gasteiger charge is 2.15. The Bertz CT molecular complexity index is 613. The third kappa shape index (κ3) is 2.21. The van der Waals surface area contributed by atoms with E-state index in [2.05, 4.69) is 20.6 Å². The lowest BCUT2D eigenvalue weighted by molar-refractivity contribution is 0.0690. The fraction of sp³-hybridized carbons (Fsp3) is 0.200. The van der Waals surface area contributed by atoms with Gasteiger partial charge in [-0.3, -0.25) is 14.6 Å². The van der Waals surface area contributed by atoms with Gasteiger partial charge in [-0.1, -0.05) is 0 Å². The summed E-state index contributed by atoms with van der Waals surface area (Å²) in [6.45, 7) is 1.71. The molecule has 18 heavy (non-hydrogen) atoms. The number of H-pyrrole nitrogens is 1. The van der Waals surface area contributed by atoms with Crippen LogP contribution in [0.3, 0.4) is 0 Å². The average Bonchev–Trinajstić information content (AvgIpc) is 2.85. The predicted molar refractivity (Wildman–Crippen MR) is 61.4 cm³/mol. The van der Waals surface area contributed by atoms with Crippen molar-refractivity contribution in [3.8, 4) is 0 Å². The van der Waals surface area contributed by atoms with Gasteiger partial charge in [0.2, 0.25) is 0 Å². The monoisotopic (exact) mass is 249 g/mol. The Morgan fingerprint density at radius 3 is 2.72 bits per heavy atom. The lowest BCUT2D eigenvalue weighted by atomic mass is 10.2. The summed E-state index contributed by atoms with van der Waals surface area (Å²) < 4.78 is 1.53. The molecule has 0 spiro atoms. The van der Waals surface area contributed by atoms with Crippen molar-refractivity contribution in [3.05, 3.63) is 29.2 Å². The van der Waals surface area contributed by atoms with Crippen molar-refractivity contribution < 1.29 is 14.7 Å². The number of carboxylic acid groups (broad SMARTS) is 1. The van der Waals surface area contributed by atoms with Crippen molar-refractivity contribution in [2.75, 3.05) is 5.32 Å². The molecule has 8 heteroatoms. The van der Waals surface area contributed by atoms with Crippen LogP contribution in [-0.2, 0) is 7.05 Å². The number of nitrogens with one attached hydrogen (secondary N) is 2. The zero-order valence-electron chi connectivity index (χ0n) is 9.76. The van der Waals surface area contributed by atoms with Crippen molar-refractivity contribution >= 4 is 17.7 Å². The largest absolute Gasteiger partial charge is 0.477 e. The van der Waals surface area contributed by atoms with Crippen molar-refractivity contribution in [2.45, 2.75) is 6.92 Å². The molecule has 0 bridgehead atoms. The molecule has 1 amide bonds. The number of aryl methyl sites for hydroxylation is 2. The van der Waals surface area contributed by atoms with E-state index in [1.165, 1.54) is 10.7 Å². The average molecular weight is 249 g/mol. The SMILES string of the molecule is Cc1nn(C)cc1C(=O)Nc1cc(C(=O)O)[nH]n1. The van der Waals surface area contributed by atoms with Gasteiger partial charge in [-0.2, -0.15) is 10.2 Å². The third-order valence-corrected chi connectivity index (χ3v) is 2.31. The van der Waals surface area contributed by atoms with Crippen LogP contribution >= 0.6 is 0 Å². The van der Waals surface area contributed by atoms with Crippen molar-refractivity contribution in [1.29, 1.82) is 0 Å². The number of carbonyl (C=O) groups is 2. The molecule has 0 atom stereocenters. The summed E-state index contributed by atoms with van der Waals surface area (Å²) in [5, 5.41) is 21.2. The van der Waals surface area contributed by atoms with Crippen LogP contribution in [0.1, 0.15) is 26.5 Å². The predicted octanol–water partition coefficient (Wildman–Crippen LogP) is 0.402. The number of aromatic nitrogens is 4. The van der Waals surface area contributed by atoms with Gasteiger partial charge >= 0.3 is 5.97 Å². The van der Waals surface area contributed by atoms with E-state index in [4.69, 9.17) is 5.11 Å². The van der Waals surface area contributed by atoms with Crippen LogP contribution in [0.2, 0.25) is 0 Å². The lowest BCUT2D eigenvalue weighted by Gasteiger charge is -1.98. The summed E-state index contributed by atoms with van der Waals surface area (Å²) in [6, 6.07) is 1.24. The Kier molecular flexibility index (Phi) is 2.84. The summed E-state index contributed by atoms with van der Waals surface area (Å²) in [5.74, 6) is -1.37. The van der Waals surface area contributed by atoms with Crippen molar-refractivity contribution in [1.82, 2.24) is 20.0 Å². The molecule has 0 saturated carbocycles.